The lowest BCUT2D eigenvalue weighted by Gasteiger charge is -2.74. The Morgan fingerprint density at radius 3 is 2.43 bits per heavy atom. The molecular formula is C53H71NO9. The van der Waals surface area contributed by atoms with Crippen LogP contribution in [0.4, 0.5) is 0 Å². The number of hydrogen-bond donors (Lipinski definition) is 7. The fourth-order valence-corrected chi connectivity index (χ4v) is 18.9. The molecule has 12 rings (SSSR count). The van der Waals surface area contributed by atoms with E-state index in [9.17, 15) is 40.2 Å². The molecule has 8 fully saturated rings. The Hall–Kier alpha value is -2.62. The van der Waals surface area contributed by atoms with Gasteiger partial charge in [0.05, 0.1) is 29.8 Å². The van der Waals surface area contributed by atoms with Crippen molar-refractivity contribution < 1.29 is 45.0 Å². The molecule has 4 bridgehead atoms. The number of aliphatic hydroxyl groups excluding tert-OH is 3. The number of hydrogen-bond acceptors (Lipinski definition) is 10. The highest BCUT2D eigenvalue weighted by atomic mass is 16.5. The van der Waals surface area contributed by atoms with E-state index in [0.29, 0.717) is 63.2 Å². The molecule has 0 saturated heterocycles. The number of rotatable bonds is 5. The molecule has 0 radical (unpaired) electrons. The van der Waals surface area contributed by atoms with E-state index in [-0.39, 0.29) is 49.2 Å². The van der Waals surface area contributed by atoms with E-state index < -0.39 is 75.1 Å². The maximum atomic E-state index is 14.7. The number of esters is 1. The van der Waals surface area contributed by atoms with Gasteiger partial charge in [0.15, 0.2) is 0 Å². The minimum Gasteiger partial charge on any atom is -0.454 e. The lowest BCUT2D eigenvalue weighted by molar-refractivity contribution is -0.383. The van der Waals surface area contributed by atoms with E-state index in [4.69, 9.17) is 4.74 Å². The molecule has 1 aromatic carbocycles. The summed E-state index contributed by atoms with van der Waals surface area (Å²) in [7, 11) is 1.91. The molecule has 1 heterocycles. The van der Waals surface area contributed by atoms with Gasteiger partial charge in [-0.15, -0.1) is 0 Å². The van der Waals surface area contributed by atoms with Crippen LogP contribution >= 0.6 is 0 Å². The molecule has 17 atom stereocenters. The first kappa shape index (κ1) is 43.0. The number of carbonyl (C=O) groups excluding carboxylic acids is 2. The van der Waals surface area contributed by atoms with Crippen LogP contribution in [-0.4, -0.2) is 91.1 Å². The van der Waals surface area contributed by atoms with Crippen molar-refractivity contribution in [2.45, 2.75) is 177 Å². The molecular weight excluding hydrogens is 795 g/mol. The molecule has 7 N–H and O–H groups in total. The van der Waals surface area contributed by atoms with Crippen LogP contribution in [0.25, 0.3) is 0 Å². The molecule has 342 valence electrons. The van der Waals surface area contributed by atoms with Crippen molar-refractivity contribution >= 4 is 12.3 Å². The summed E-state index contributed by atoms with van der Waals surface area (Å²) in [5.41, 5.74) is -5.59. The third-order valence-electron chi connectivity index (χ3n) is 21.5. The molecule has 11 aliphatic rings. The highest BCUT2D eigenvalue weighted by molar-refractivity contribution is 5.86. The van der Waals surface area contributed by atoms with Crippen molar-refractivity contribution in [1.29, 1.82) is 0 Å². The van der Waals surface area contributed by atoms with E-state index in [1.807, 2.05) is 25.2 Å². The number of benzene rings is 1. The van der Waals surface area contributed by atoms with Crippen molar-refractivity contribution in [3.8, 4) is 11.8 Å². The number of fused-ring (bicyclic) bond motifs is 6. The third-order valence-corrected chi connectivity index (χ3v) is 21.5. The van der Waals surface area contributed by atoms with Crippen LogP contribution in [0.15, 0.2) is 29.8 Å². The van der Waals surface area contributed by atoms with Crippen molar-refractivity contribution in [2.75, 3.05) is 7.05 Å². The van der Waals surface area contributed by atoms with Crippen molar-refractivity contribution in [3.05, 3.63) is 46.5 Å². The summed E-state index contributed by atoms with van der Waals surface area (Å²) in [6.45, 7) is 2.19. The number of carbonyl (C=O) groups is 2. The summed E-state index contributed by atoms with van der Waals surface area (Å²) in [5.74, 6) is 4.14. The van der Waals surface area contributed by atoms with Crippen molar-refractivity contribution in [3.63, 3.8) is 0 Å². The largest absolute Gasteiger partial charge is 0.454 e. The first-order valence-corrected chi connectivity index (χ1v) is 25.1. The normalized spacial score (nSPS) is 48.7. The summed E-state index contributed by atoms with van der Waals surface area (Å²) < 4.78 is 6.27. The topological polar surface area (TPSA) is 177 Å². The number of ether oxygens (including phenoxy) is 1. The molecule has 10 nitrogen and oxygen atoms in total. The molecule has 1 aliphatic heterocycles. The molecule has 0 amide bonds. The first-order valence-electron chi connectivity index (χ1n) is 25.1. The van der Waals surface area contributed by atoms with Gasteiger partial charge in [-0.05, 0) is 142 Å². The van der Waals surface area contributed by atoms with Crippen molar-refractivity contribution in [2.24, 2.45) is 69.5 Å². The van der Waals surface area contributed by atoms with Gasteiger partial charge in [-0.1, -0.05) is 69.4 Å². The lowest BCUT2D eigenvalue weighted by atomic mass is 9.33. The average Bonchev–Trinajstić information content (AvgIpc) is 4.09. The number of nitrogens with one attached hydrogen (secondary N) is 1. The van der Waals surface area contributed by atoms with Gasteiger partial charge < -0.3 is 45.5 Å². The minimum atomic E-state index is -2.19. The maximum Gasteiger partial charge on any atom is 0.331 e. The average molecular weight is 866 g/mol. The monoisotopic (exact) mass is 866 g/mol. The molecule has 1 aromatic rings. The quantitative estimate of drug-likeness (QED) is 0.117. The van der Waals surface area contributed by atoms with E-state index >= 15 is 0 Å². The van der Waals surface area contributed by atoms with Gasteiger partial charge in [-0.3, -0.25) is 0 Å². The first-order chi connectivity index (χ1) is 30.3. The fourth-order valence-electron chi connectivity index (χ4n) is 18.9. The van der Waals surface area contributed by atoms with E-state index in [2.05, 4.69) is 24.1 Å². The van der Waals surface area contributed by atoms with Crippen LogP contribution in [-0.2, 0) is 27.4 Å². The lowest BCUT2D eigenvalue weighted by Crippen LogP contribution is -2.86. The van der Waals surface area contributed by atoms with Crippen molar-refractivity contribution in [1.82, 2.24) is 5.32 Å². The zero-order valence-corrected chi connectivity index (χ0v) is 37.4. The number of likely N-dealkylation sites (N-methyl/N-ethyl adjacent to an activating group) is 1. The van der Waals surface area contributed by atoms with E-state index in [1.165, 1.54) is 12.8 Å². The summed E-state index contributed by atoms with van der Waals surface area (Å²) in [6, 6.07) is 5.65. The SMILES string of the molecule is CNC1Cc2c(cccc2CO)C#CCCC23CCC4C5(C=O)CC6(CCCC6)C(O)C6CCC(C(C)C7CCCC7)CC(C(O)C4(O)C2(O)CC2CC1C1OC(=O)C=C1C23)C65O. The summed E-state index contributed by atoms with van der Waals surface area (Å²) in [5, 5.41) is 83.0. The van der Waals surface area contributed by atoms with Gasteiger partial charge in [0.25, 0.3) is 0 Å². The molecule has 63 heavy (non-hydrogen) atoms. The van der Waals surface area contributed by atoms with Gasteiger partial charge in [0, 0.05) is 53.2 Å². The fraction of sp³-hybridized carbons (Fsp3) is 0.774. The van der Waals surface area contributed by atoms with Crippen LogP contribution in [0.3, 0.4) is 0 Å². The van der Waals surface area contributed by atoms with E-state index in [1.54, 1.807) is 6.08 Å². The predicted molar refractivity (Wildman–Crippen MR) is 234 cm³/mol. The highest BCUT2D eigenvalue weighted by Gasteiger charge is 2.86. The van der Waals surface area contributed by atoms with Gasteiger partial charge in [-0.25, -0.2) is 4.79 Å². The molecule has 10 heteroatoms. The standard InChI is InChI=1S/C53H71NO9/c1-30(31-10-3-4-11-31)33-15-16-39-46(58)48(18-7-8-19-48)28-50(29-56)42-17-21-49-20-6-5-12-32-13-9-14-34(27-55)36(32)24-41(54-2)37-22-35(44(49)38-25-43(57)63-45(37)38)26-51(49,60)53(42,62)47(59)40(23-33)52(39,50)61/h9,13-14,25,29-31,33,35,37,39-42,44-47,54-55,58-62H,3-4,6-8,10-11,15-24,26-28H2,1-2H3. The molecule has 8 saturated carbocycles. The summed E-state index contributed by atoms with van der Waals surface area (Å²) >= 11 is 0. The summed E-state index contributed by atoms with van der Waals surface area (Å²) in [6.07, 6.45) is 12.4. The molecule has 0 aromatic heterocycles. The highest BCUT2D eigenvalue weighted by Crippen LogP contribution is 2.79. The Labute approximate surface area is 373 Å². The zero-order chi connectivity index (χ0) is 43.9. The van der Waals surface area contributed by atoms with Crippen LogP contribution in [0.2, 0.25) is 0 Å². The Bertz CT molecular complexity index is 2120. The van der Waals surface area contributed by atoms with Crippen LogP contribution < -0.4 is 5.32 Å². The predicted octanol–water partition coefficient (Wildman–Crippen LogP) is 5.30. The third kappa shape index (κ3) is 5.45. The summed E-state index contributed by atoms with van der Waals surface area (Å²) in [4.78, 5) is 28.2. The second kappa shape index (κ2) is 14.9. The Morgan fingerprint density at radius 1 is 0.921 bits per heavy atom. The van der Waals surface area contributed by atoms with Gasteiger partial charge >= 0.3 is 5.97 Å². The zero-order valence-electron chi connectivity index (χ0n) is 37.4. The Kier molecular flexibility index (Phi) is 10.2. The molecule has 10 aliphatic carbocycles. The maximum absolute atomic E-state index is 14.7. The van der Waals surface area contributed by atoms with Crippen LogP contribution in [0.5, 0.6) is 0 Å². The number of aliphatic hydroxyl groups is 6. The van der Waals surface area contributed by atoms with Crippen LogP contribution in [0, 0.1) is 81.3 Å². The number of aldehydes is 1. The Balaban J connectivity index is 1.10. The minimum absolute atomic E-state index is 0.106. The van der Waals surface area contributed by atoms with Gasteiger partial charge in [-0.2, -0.15) is 0 Å². The van der Waals surface area contributed by atoms with Gasteiger partial charge in [0.1, 0.15) is 23.6 Å². The second-order valence-electron chi connectivity index (χ2n) is 23.1. The van der Waals surface area contributed by atoms with E-state index in [0.717, 1.165) is 73.5 Å². The molecule has 2 spiro atoms. The smallest absolute Gasteiger partial charge is 0.331 e. The van der Waals surface area contributed by atoms with Gasteiger partial charge in [0.2, 0.25) is 0 Å². The molecule has 17 unspecified atom stereocenters. The second-order valence-corrected chi connectivity index (χ2v) is 23.1. The Morgan fingerprint density at radius 2 is 1.70 bits per heavy atom. The van der Waals surface area contributed by atoms with Crippen LogP contribution in [0.1, 0.15) is 139 Å².